The smallest absolute Gasteiger partial charge is 0.232 e. The van der Waals surface area contributed by atoms with Crippen LogP contribution in [0.2, 0.25) is 0 Å². The van der Waals surface area contributed by atoms with Crippen molar-refractivity contribution in [2.75, 3.05) is 32.7 Å². The zero-order valence-electron chi connectivity index (χ0n) is 8.08. The van der Waals surface area contributed by atoms with Gasteiger partial charge < -0.3 is 14.8 Å². The van der Waals surface area contributed by atoms with Gasteiger partial charge in [0.1, 0.15) is 6.61 Å². The molecular weight excluding hydrogens is 250 g/mol. The van der Waals surface area contributed by atoms with Gasteiger partial charge in [-0.1, -0.05) is 0 Å². The molecule has 0 amide bonds. The lowest BCUT2D eigenvalue weighted by Gasteiger charge is -2.07. The molecule has 14 heavy (non-hydrogen) atoms. The van der Waals surface area contributed by atoms with E-state index in [2.05, 4.69) is 31.2 Å². The molecule has 0 spiro atoms. The maximum Gasteiger partial charge on any atom is 0.232 e. The molecule has 1 N–H and O–H groups in total. The van der Waals surface area contributed by atoms with E-state index in [4.69, 9.17) is 9.47 Å². The van der Waals surface area contributed by atoms with E-state index in [0.29, 0.717) is 25.0 Å². The minimum Gasteiger partial charge on any atom is -0.474 e. The van der Waals surface area contributed by atoms with Crippen molar-refractivity contribution in [1.29, 1.82) is 0 Å². The normalized spacial score (nSPS) is 9.93. The van der Waals surface area contributed by atoms with E-state index in [0.717, 1.165) is 4.47 Å². The third-order valence-electron chi connectivity index (χ3n) is 1.46. The Morgan fingerprint density at radius 1 is 1.50 bits per heavy atom. The minimum atomic E-state index is 0.468. The predicted octanol–water partition coefficient (Wildman–Crippen LogP) is 1.31. The van der Waals surface area contributed by atoms with E-state index in [1.165, 1.54) is 0 Å². The van der Waals surface area contributed by atoms with Gasteiger partial charge in [-0.3, -0.25) is 0 Å². The second kappa shape index (κ2) is 5.77. The van der Waals surface area contributed by atoms with Gasteiger partial charge in [0.15, 0.2) is 0 Å². The van der Waals surface area contributed by atoms with Crippen molar-refractivity contribution in [2.45, 2.75) is 0 Å². The van der Waals surface area contributed by atoms with E-state index in [1.54, 1.807) is 20.4 Å². The molecule has 0 unspecified atom stereocenters. The lowest BCUT2D eigenvalue weighted by molar-refractivity contribution is 0.143. The van der Waals surface area contributed by atoms with Crippen LogP contribution in [0.3, 0.4) is 0 Å². The number of nitrogens with zero attached hydrogens (tertiary/aromatic N) is 2. The van der Waals surface area contributed by atoms with Crippen LogP contribution in [0.1, 0.15) is 0 Å². The number of rotatable bonds is 5. The van der Waals surface area contributed by atoms with Crippen LogP contribution in [0.5, 0.6) is 5.88 Å². The van der Waals surface area contributed by atoms with Crippen LogP contribution in [0.4, 0.5) is 5.95 Å². The van der Waals surface area contributed by atoms with E-state index in [1.807, 2.05) is 0 Å². The highest BCUT2D eigenvalue weighted by atomic mass is 79.9. The maximum absolute atomic E-state index is 5.36. The number of nitrogens with one attached hydrogen (secondary N) is 1. The summed E-state index contributed by atoms with van der Waals surface area (Å²) in [4.78, 5) is 8.12. The highest BCUT2D eigenvalue weighted by Crippen LogP contribution is 2.22. The Labute approximate surface area is 91.0 Å². The molecule has 0 fully saturated rings. The Morgan fingerprint density at radius 3 is 2.93 bits per heavy atom. The SMILES string of the molecule is CNc1ncc(Br)c(OCCOC)n1. The summed E-state index contributed by atoms with van der Waals surface area (Å²) in [6.45, 7) is 1.00. The molecule has 6 heteroatoms. The Morgan fingerprint density at radius 2 is 2.29 bits per heavy atom. The average Bonchev–Trinajstić information content (AvgIpc) is 2.21. The molecule has 5 nitrogen and oxygen atoms in total. The van der Waals surface area contributed by atoms with Crippen LogP contribution < -0.4 is 10.1 Å². The van der Waals surface area contributed by atoms with Gasteiger partial charge in [0, 0.05) is 14.2 Å². The van der Waals surface area contributed by atoms with E-state index >= 15 is 0 Å². The third-order valence-corrected chi connectivity index (χ3v) is 2.01. The zero-order valence-corrected chi connectivity index (χ0v) is 9.67. The summed E-state index contributed by atoms with van der Waals surface area (Å²) in [5.74, 6) is 1.04. The van der Waals surface area contributed by atoms with Crippen LogP contribution in [0, 0.1) is 0 Å². The number of ether oxygens (including phenoxy) is 2. The molecule has 0 saturated carbocycles. The molecule has 1 heterocycles. The fourth-order valence-electron chi connectivity index (χ4n) is 0.795. The number of anilines is 1. The second-order valence-electron chi connectivity index (χ2n) is 2.44. The van der Waals surface area contributed by atoms with Gasteiger partial charge >= 0.3 is 0 Å². The summed E-state index contributed by atoms with van der Waals surface area (Å²) < 4.78 is 10.9. The van der Waals surface area contributed by atoms with Crippen molar-refractivity contribution in [2.24, 2.45) is 0 Å². The summed E-state index contributed by atoms with van der Waals surface area (Å²) in [5, 5.41) is 2.83. The first-order chi connectivity index (χ1) is 6.77. The fraction of sp³-hybridized carbons (Fsp3) is 0.500. The monoisotopic (exact) mass is 261 g/mol. The van der Waals surface area contributed by atoms with Crippen molar-refractivity contribution < 1.29 is 9.47 Å². The Balaban J connectivity index is 2.64. The predicted molar refractivity (Wildman–Crippen MR) is 56.6 cm³/mol. The van der Waals surface area contributed by atoms with Crippen molar-refractivity contribution in [3.63, 3.8) is 0 Å². The van der Waals surface area contributed by atoms with Crippen molar-refractivity contribution in [3.8, 4) is 5.88 Å². The Kier molecular flexibility index (Phi) is 4.61. The Hall–Kier alpha value is -0.880. The molecule has 1 aromatic heterocycles. The summed E-state index contributed by atoms with van der Waals surface area (Å²) >= 11 is 3.29. The number of hydrogen-bond acceptors (Lipinski definition) is 5. The second-order valence-corrected chi connectivity index (χ2v) is 3.29. The molecule has 0 aliphatic carbocycles. The molecule has 0 radical (unpaired) electrons. The highest BCUT2D eigenvalue weighted by Gasteiger charge is 2.04. The third kappa shape index (κ3) is 3.12. The topological polar surface area (TPSA) is 56.3 Å². The fourth-order valence-corrected chi connectivity index (χ4v) is 1.10. The van der Waals surface area contributed by atoms with Gasteiger partial charge in [-0.15, -0.1) is 0 Å². The van der Waals surface area contributed by atoms with Crippen LogP contribution >= 0.6 is 15.9 Å². The molecule has 1 aromatic rings. The molecule has 0 bridgehead atoms. The number of methoxy groups -OCH3 is 1. The summed E-state index contributed by atoms with van der Waals surface area (Å²) in [7, 11) is 3.37. The minimum absolute atomic E-state index is 0.468. The molecular formula is C8H12BrN3O2. The molecule has 0 aliphatic rings. The van der Waals surface area contributed by atoms with Crippen LogP contribution in [0.15, 0.2) is 10.7 Å². The summed E-state index contributed by atoms with van der Waals surface area (Å²) in [6.07, 6.45) is 1.64. The lowest BCUT2D eigenvalue weighted by Crippen LogP contribution is -2.07. The van der Waals surface area contributed by atoms with E-state index < -0.39 is 0 Å². The van der Waals surface area contributed by atoms with Crippen molar-refractivity contribution >= 4 is 21.9 Å². The average molecular weight is 262 g/mol. The van der Waals surface area contributed by atoms with Crippen molar-refractivity contribution in [3.05, 3.63) is 10.7 Å². The van der Waals surface area contributed by atoms with Gasteiger partial charge in [-0.2, -0.15) is 4.98 Å². The molecule has 1 rings (SSSR count). The standard InChI is InChI=1S/C8H12BrN3O2/c1-10-8-11-5-6(9)7(12-8)14-4-3-13-2/h5H,3-4H2,1-2H3,(H,10,11,12). The molecule has 0 aromatic carbocycles. The number of aromatic nitrogens is 2. The van der Waals surface area contributed by atoms with Gasteiger partial charge in [0.05, 0.1) is 17.3 Å². The molecule has 0 aliphatic heterocycles. The summed E-state index contributed by atoms with van der Waals surface area (Å²) in [5.41, 5.74) is 0. The maximum atomic E-state index is 5.36. The lowest BCUT2D eigenvalue weighted by atomic mass is 10.6. The molecule has 78 valence electrons. The van der Waals surface area contributed by atoms with E-state index in [9.17, 15) is 0 Å². The first-order valence-corrected chi connectivity index (χ1v) is 4.89. The van der Waals surface area contributed by atoms with E-state index in [-0.39, 0.29) is 0 Å². The van der Waals surface area contributed by atoms with Crippen molar-refractivity contribution in [1.82, 2.24) is 9.97 Å². The van der Waals surface area contributed by atoms with Gasteiger partial charge in [0.2, 0.25) is 11.8 Å². The summed E-state index contributed by atoms with van der Waals surface area (Å²) in [6, 6.07) is 0. The highest BCUT2D eigenvalue weighted by molar-refractivity contribution is 9.10. The van der Waals surface area contributed by atoms with Crippen LogP contribution in [-0.2, 0) is 4.74 Å². The van der Waals surface area contributed by atoms with Gasteiger partial charge in [0.25, 0.3) is 0 Å². The van der Waals surface area contributed by atoms with Crippen LogP contribution in [-0.4, -0.2) is 37.3 Å². The van der Waals surface area contributed by atoms with Gasteiger partial charge in [-0.25, -0.2) is 4.98 Å². The first-order valence-electron chi connectivity index (χ1n) is 4.10. The number of hydrogen-bond donors (Lipinski definition) is 1. The molecule has 0 saturated heterocycles. The van der Waals surface area contributed by atoms with Crippen LogP contribution in [0.25, 0.3) is 0 Å². The molecule has 0 atom stereocenters. The number of halogens is 1. The first kappa shape index (κ1) is 11.2. The zero-order chi connectivity index (χ0) is 10.4. The van der Waals surface area contributed by atoms with Gasteiger partial charge in [-0.05, 0) is 15.9 Å². The quantitative estimate of drug-likeness (QED) is 0.811. The largest absolute Gasteiger partial charge is 0.474 e. The Bertz CT molecular complexity index is 296.